The fraction of sp³-hybridized carbons (Fsp3) is 0.833. The number of primary amides is 1. The summed E-state index contributed by atoms with van der Waals surface area (Å²) in [5.41, 5.74) is 4.94. The molecule has 8 heteroatoms. The molecular weight excluding hydrogens is 268 g/mol. The Morgan fingerprint density at radius 1 is 0.900 bits per heavy atom. The summed E-state index contributed by atoms with van der Waals surface area (Å²) in [6, 6.07) is 0. The lowest BCUT2D eigenvalue weighted by Crippen LogP contribution is -2.28. The molecule has 0 aliphatic heterocycles. The number of nitrogens with one attached hydrogen (secondary N) is 1. The van der Waals surface area contributed by atoms with Gasteiger partial charge in [-0.3, -0.25) is 9.59 Å². The summed E-state index contributed by atoms with van der Waals surface area (Å²) in [7, 11) is 0. The maximum atomic E-state index is 11.0. The summed E-state index contributed by atoms with van der Waals surface area (Å²) in [6.45, 7) is 2.66. The van der Waals surface area contributed by atoms with E-state index in [1.165, 1.54) is 0 Å². The highest BCUT2D eigenvalue weighted by Gasteiger charge is 1.98. The Hall–Kier alpha value is -1.22. The lowest BCUT2D eigenvalue weighted by Gasteiger charge is -2.07. The third-order valence-corrected chi connectivity index (χ3v) is 2.14. The minimum Gasteiger partial charge on any atom is -0.396 e. The zero-order valence-electron chi connectivity index (χ0n) is 11.6. The number of hydrogen-bond acceptors (Lipinski definition) is 6. The molecule has 4 N–H and O–H groups in total. The lowest BCUT2D eigenvalue weighted by molar-refractivity contribution is -0.122. The van der Waals surface area contributed by atoms with Gasteiger partial charge >= 0.3 is 0 Å². The van der Waals surface area contributed by atoms with Crippen LogP contribution in [0.4, 0.5) is 0 Å². The average Bonchev–Trinajstić information content (AvgIpc) is 2.40. The number of aliphatic hydroxyl groups excluding tert-OH is 1. The molecule has 0 aromatic carbocycles. The first-order valence-electron chi connectivity index (χ1n) is 6.56. The molecule has 0 aromatic heterocycles. The first-order chi connectivity index (χ1) is 9.66. The van der Waals surface area contributed by atoms with Gasteiger partial charge in [0, 0.05) is 19.4 Å². The molecule has 0 bridgehead atoms. The van der Waals surface area contributed by atoms with Crippen molar-refractivity contribution in [2.45, 2.75) is 12.8 Å². The van der Waals surface area contributed by atoms with Gasteiger partial charge in [0.15, 0.2) is 0 Å². The van der Waals surface area contributed by atoms with Crippen molar-refractivity contribution in [3.05, 3.63) is 0 Å². The van der Waals surface area contributed by atoms with E-state index >= 15 is 0 Å². The van der Waals surface area contributed by atoms with E-state index in [9.17, 15) is 9.59 Å². The van der Waals surface area contributed by atoms with E-state index in [0.29, 0.717) is 46.2 Å². The van der Waals surface area contributed by atoms with Crippen LogP contribution in [0.2, 0.25) is 0 Å². The van der Waals surface area contributed by atoms with Gasteiger partial charge in [-0.15, -0.1) is 0 Å². The highest BCUT2D eigenvalue weighted by Crippen LogP contribution is 1.84. The minimum atomic E-state index is -0.384. The predicted molar refractivity (Wildman–Crippen MR) is 71.0 cm³/mol. The summed E-state index contributed by atoms with van der Waals surface area (Å²) in [5, 5.41) is 11.1. The molecule has 0 unspecified atom stereocenters. The van der Waals surface area contributed by atoms with E-state index in [-0.39, 0.29) is 31.3 Å². The number of aliphatic hydroxyl groups is 1. The molecule has 0 rings (SSSR count). The van der Waals surface area contributed by atoms with Crippen LogP contribution in [0.25, 0.3) is 0 Å². The molecule has 0 radical (unpaired) electrons. The fourth-order valence-electron chi connectivity index (χ4n) is 1.17. The van der Waals surface area contributed by atoms with E-state index in [0.717, 1.165) is 0 Å². The second-order valence-electron chi connectivity index (χ2n) is 3.88. The molecule has 0 aliphatic rings. The van der Waals surface area contributed by atoms with Gasteiger partial charge in [0.25, 0.3) is 0 Å². The Morgan fingerprint density at radius 2 is 1.45 bits per heavy atom. The normalized spacial score (nSPS) is 10.4. The molecular formula is C12H24N2O6. The first-order valence-corrected chi connectivity index (χ1v) is 6.56. The summed E-state index contributed by atoms with van der Waals surface area (Å²) in [6.07, 6.45) is 0.323. The van der Waals surface area contributed by atoms with Crippen molar-refractivity contribution < 1.29 is 28.9 Å². The Bertz CT molecular complexity index is 262. The van der Waals surface area contributed by atoms with Gasteiger partial charge in [0.2, 0.25) is 11.8 Å². The third kappa shape index (κ3) is 14.8. The number of nitrogens with two attached hydrogens (primary N) is 1. The quantitative estimate of drug-likeness (QED) is 0.332. The van der Waals surface area contributed by atoms with Crippen molar-refractivity contribution in [2.24, 2.45) is 5.73 Å². The molecule has 2 amide bonds. The minimum absolute atomic E-state index is 0.110. The number of carbonyl (C=O) groups excluding carboxylic acids is 2. The maximum Gasteiger partial charge on any atom is 0.222 e. The van der Waals surface area contributed by atoms with Crippen LogP contribution in [0.5, 0.6) is 0 Å². The van der Waals surface area contributed by atoms with Gasteiger partial charge in [-0.05, 0) is 0 Å². The molecule has 0 spiro atoms. The Kier molecular flexibility index (Phi) is 13.3. The van der Waals surface area contributed by atoms with E-state index < -0.39 is 0 Å². The largest absolute Gasteiger partial charge is 0.396 e. The van der Waals surface area contributed by atoms with Crippen molar-refractivity contribution in [3.63, 3.8) is 0 Å². The molecule has 118 valence electrons. The number of hydrogen-bond donors (Lipinski definition) is 3. The molecule has 0 heterocycles. The standard InChI is InChI=1S/C12H24N2O6/c13-11(16)2-5-18-7-9-20-10-8-19-6-3-14-12(17)1-4-15/h15H,1-10H2,(H2,13,16)(H,14,17). The van der Waals surface area contributed by atoms with Gasteiger partial charge in [-0.2, -0.15) is 0 Å². The van der Waals surface area contributed by atoms with Crippen molar-refractivity contribution >= 4 is 11.8 Å². The first kappa shape index (κ1) is 18.8. The number of amides is 2. The summed E-state index contributed by atoms with van der Waals surface area (Å²) >= 11 is 0. The van der Waals surface area contributed by atoms with E-state index in [2.05, 4.69) is 5.32 Å². The van der Waals surface area contributed by atoms with Crippen molar-refractivity contribution in [1.82, 2.24) is 5.32 Å². The van der Waals surface area contributed by atoms with Crippen LogP contribution in [0, 0.1) is 0 Å². The third-order valence-electron chi connectivity index (χ3n) is 2.14. The topological polar surface area (TPSA) is 120 Å². The van der Waals surface area contributed by atoms with Crippen molar-refractivity contribution in [3.8, 4) is 0 Å². The molecule has 0 atom stereocenters. The molecule has 0 aliphatic carbocycles. The Balaban J connectivity index is 3.06. The molecule has 20 heavy (non-hydrogen) atoms. The average molecular weight is 292 g/mol. The van der Waals surface area contributed by atoms with Gasteiger partial charge in [-0.25, -0.2) is 0 Å². The highest BCUT2D eigenvalue weighted by molar-refractivity contribution is 5.75. The van der Waals surface area contributed by atoms with E-state index in [1.807, 2.05) is 0 Å². The van der Waals surface area contributed by atoms with Crippen LogP contribution in [-0.4, -0.2) is 69.7 Å². The number of ether oxygens (including phenoxy) is 3. The van der Waals surface area contributed by atoms with Crippen LogP contribution in [-0.2, 0) is 23.8 Å². The summed E-state index contributed by atoms with van der Waals surface area (Å²) in [5.74, 6) is -0.578. The zero-order valence-corrected chi connectivity index (χ0v) is 11.6. The number of carbonyl (C=O) groups is 2. The van der Waals surface area contributed by atoms with E-state index in [4.69, 9.17) is 25.1 Å². The van der Waals surface area contributed by atoms with Crippen molar-refractivity contribution in [1.29, 1.82) is 0 Å². The van der Waals surface area contributed by atoms with Crippen LogP contribution in [0.1, 0.15) is 12.8 Å². The predicted octanol–water partition coefficient (Wildman–Crippen LogP) is -1.59. The van der Waals surface area contributed by atoms with Gasteiger partial charge in [0.05, 0.1) is 46.2 Å². The van der Waals surface area contributed by atoms with Crippen molar-refractivity contribution in [2.75, 3.05) is 52.8 Å². The second kappa shape index (κ2) is 14.2. The monoisotopic (exact) mass is 292 g/mol. The van der Waals surface area contributed by atoms with Gasteiger partial charge in [0.1, 0.15) is 0 Å². The van der Waals surface area contributed by atoms with Gasteiger partial charge in [-0.1, -0.05) is 0 Å². The molecule has 0 saturated heterocycles. The number of rotatable bonds is 14. The van der Waals surface area contributed by atoms with Gasteiger partial charge < -0.3 is 30.4 Å². The Morgan fingerprint density at radius 3 is 2.00 bits per heavy atom. The van der Waals surface area contributed by atoms with Crippen LogP contribution in [0.15, 0.2) is 0 Å². The van der Waals surface area contributed by atoms with Crippen LogP contribution < -0.4 is 11.1 Å². The summed E-state index contributed by atoms with van der Waals surface area (Å²) in [4.78, 5) is 21.3. The lowest BCUT2D eigenvalue weighted by atomic mass is 10.4. The van der Waals surface area contributed by atoms with E-state index in [1.54, 1.807) is 0 Å². The smallest absolute Gasteiger partial charge is 0.222 e. The van der Waals surface area contributed by atoms with Crippen LogP contribution >= 0.6 is 0 Å². The highest BCUT2D eigenvalue weighted by atomic mass is 16.5. The SMILES string of the molecule is NC(=O)CCOCCOCCOCCNC(=O)CCO. The summed E-state index contributed by atoms with van der Waals surface area (Å²) < 4.78 is 15.5. The molecule has 0 fully saturated rings. The molecule has 8 nitrogen and oxygen atoms in total. The zero-order chi connectivity index (χ0) is 15.1. The maximum absolute atomic E-state index is 11.0. The molecule has 0 aromatic rings. The fourth-order valence-corrected chi connectivity index (χ4v) is 1.17. The molecule has 0 saturated carbocycles. The Labute approximate surface area is 118 Å². The second-order valence-corrected chi connectivity index (χ2v) is 3.88. The van der Waals surface area contributed by atoms with Crippen LogP contribution in [0.3, 0.4) is 0 Å².